The number of ether oxygens (including phenoxy) is 1. The van der Waals surface area contributed by atoms with Gasteiger partial charge in [-0.3, -0.25) is 9.78 Å². The Balaban J connectivity index is 1.80. The summed E-state index contributed by atoms with van der Waals surface area (Å²) in [6.45, 7) is 1.43. The molecule has 2 aromatic rings. The predicted octanol–water partition coefficient (Wildman–Crippen LogP) is 2.83. The van der Waals surface area contributed by atoms with Gasteiger partial charge in [0, 0.05) is 12.7 Å². The zero-order valence-corrected chi connectivity index (χ0v) is 14.7. The standard InChI is InChI=1S/C18H16F3N3O4/c1-11-16(26)24(14-2-4-15(5-3-14)28-18(19,20)21)17(27)23(11)9-12-6-7-22-13(8-12)10-25/h2-8,11,25H,9-10H2,1H3. The van der Waals surface area contributed by atoms with Gasteiger partial charge in [-0.1, -0.05) is 0 Å². The molecule has 0 saturated carbocycles. The van der Waals surface area contributed by atoms with E-state index in [2.05, 4.69) is 9.72 Å². The van der Waals surface area contributed by atoms with Crippen molar-refractivity contribution in [2.24, 2.45) is 0 Å². The van der Waals surface area contributed by atoms with Gasteiger partial charge in [0.25, 0.3) is 5.91 Å². The van der Waals surface area contributed by atoms with Gasteiger partial charge in [-0.2, -0.15) is 0 Å². The number of anilines is 1. The van der Waals surface area contributed by atoms with Gasteiger partial charge in [0.2, 0.25) is 0 Å². The van der Waals surface area contributed by atoms with Crippen molar-refractivity contribution in [3.05, 3.63) is 53.9 Å². The molecule has 3 rings (SSSR count). The van der Waals surface area contributed by atoms with Gasteiger partial charge >= 0.3 is 12.4 Å². The van der Waals surface area contributed by atoms with Crippen LogP contribution in [0.15, 0.2) is 42.6 Å². The van der Waals surface area contributed by atoms with Crippen LogP contribution >= 0.6 is 0 Å². The first-order valence-corrected chi connectivity index (χ1v) is 8.24. The Morgan fingerprint density at radius 3 is 2.46 bits per heavy atom. The maximum atomic E-state index is 12.8. The zero-order chi connectivity index (χ0) is 20.5. The van der Waals surface area contributed by atoms with Crippen LogP contribution in [0.5, 0.6) is 5.75 Å². The van der Waals surface area contributed by atoms with Crippen molar-refractivity contribution in [2.45, 2.75) is 32.5 Å². The lowest BCUT2D eigenvalue weighted by molar-refractivity contribution is -0.274. The first-order valence-electron chi connectivity index (χ1n) is 8.24. The lowest BCUT2D eigenvalue weighted by Gasteiger charge is -2.19. The van der Waals surface area contributed by atoms with Gasteiger partial charge in [-0.25, -0.2) is 9.69 Å². The average Bonchev–Trinajstić information content (AvgIpc) is 2.85. The average molecular weight is 395 g/mol. The van der Waals surface area contributed by atoms with Crippen LogP contribution in [0.25, 0.3) is 0 Å². The minimum Gasteiger partial charge on any atom is -0.406 e. The molecular weight excluding hydrogens is 379 g/mol. The van der Waals surface area contributed by atoms with Crippen molar-refractivity contribution < 1.29 is 32.6 Å². The van der Waals surface area contributed by atoms with Gasteiger partial charge < -0.3 is 14.7 Å². The second-order valence-corrected chi connectivity index (χ2v) is 6.12. The summed E-state index contributed by atoms with van der Waals surface area (Å²) in [4.78, 5) is 31.5. The Bertz CT molecular complexity index is 886. The van der Waals surface area contributed by atoms with E-state index in [0.29, 0.717) is 11.3 Å². The van der Waals surface area contributed by atoms with E-state index in [4.69, 9.17) is 5.11 Å². The second-order valence-electron chi connectivity index (χ2n) is 6.12. The van der Waals surface area contributed by atoms with E-state index in [-0.39, 0.29) is 18.8 Å². The van der Waals surface area contributed by atoms with Crippen molar-refractivity contribution in [3.63, 3.8) is 0 Å². The van der Waals surface area contributed by atoms with Crippen molar-refractivity contribution in [1.29, 1.82) is 0 Å². The minimum atomic E-state index is -4.83. The number of hydrogen-bond acceptors (Lipinski definition) is 5. The van der Waals surface area contributed by atoms with Crippen molar-refractivity contribution in [3.8, 4) is 5.75 Å². The first kappa shape index (κ1) is 19.6. The fraction of sp³-hybridized carbons (Fsp3) is 0.278. The molecule has 1 unspecified atom stereocenters. The molecule has 1 saturated heterocycles. The number of rotatable bonds is 5. The smallest absolute Gasteiger partial charge is 0.406 e. The molecule has 28 heavy (non-hydrogen) atoms. The number of benzene rings is 1. The van der Waals surface area contributed by atoms with Crippen LogP contribution in [0.4, 0.5) is 23.7 Å². The van der Waals surface area contributed by atoms with Crippen LogP contribution in [-0.4, -0.2) is 39.3 Å². The molecule has 1 atom stereocenters. The molecule has 3 amide bonds. The molecule has 0 bridgehead atoms. The van der Waals surface area contributed by atoms with Crippen molar-refractivity contribution >= 4 is 17.6 Å². The van der Waals surface area contributed by atoms with Crippen LogP contribution in [0.1, 0.15) is 18.2 Å². The minimum absolute atomic E-state index is 0.118. The molecule has 1 aromatic carbocycles. The highest BCUT2D eigenvalue weighted by molar-refractivity contribution is 6.21. The van der Waals surface area contributed by atoms with E-state index in [1.165, 1.54) is 23.2 Å². The molecule has 1 N–H and O–H groups in total. The Hall–Kier alpha value is -3.14. The van der Waals surface area contributed by atoms with Gasteiger partial charge in [-0.05, 0) is 48.9 Å². The summed E-state index contributed by atoms with van der Waals surface area (Å²) in [5.74, 6) is -0.945. The third kappa shape index (κ3) is 4.06. The number of aliphatic hydroxyl groups is 1. The van der Waals surface area contributed by atoms with Gasteiger partial charge in [-0.15, -0.1) is 13.2 Å². The third-order valence-electron chi connectivity index (χ3n) is 4.21. The Morgan fingerprint density at radius 1 is 1.18 bits per heavy atom. The zero-order valence-electron chi connectivity index (χ0n) is 14.7. The number of carbonyl (C=O) groups is 2. The molecule has 0 radical (unpaired) electrons. The van der Waals surface area contributed by atoms with E-state index < -0.39 is 30.1 Å². The van der Waals surface area contributed by atoms with E-state index >= 15 is 0 Å². The molecule has 148 valence electrons. The number of urea groups is 1. The Labute approximate surface area is 158 Å². The van der Waals surface area contributed by atoms with Crippen LogP contribution in [0.2, 0.25) is 0 Å². The van der Waals surface area contributed by atoms with E-state index in [0.717, 1.165) is 17.0 Å². The second kappa shape index (κ2) is 7.47. The molecule has 1 fully saturated rings. The van der Waals surface area contributed by atoms with Crippen molar-refractivity contribution in [2.75, 3.05) is 4.90 Å². The number of aliphatic hydroxyl groups excluding tert-OH is 1. The van der Waals surface area contributed by atoms with Gasteiger partial charge in [0.1, 0.15) is 11.8 Å². The van der Waals surface area contributed by atoms with Crippen molar-refractivity contribution in [1.82, 2.24) is 9.88 Å². The monoisotopic (exact) mass is 395 g/mol. The molecule has 0 aliphatic carbocycles. The van der Waals surface area contributed by atoms with Crippen LogP contribution < -0.4 is 9.64 Å². The molecule has 10 heteroatoms. The summed E-state index contributed by atoms with van der Waals surface area (Å²) in [6, 6.07) is 6.42. The summed E-state index contributed by atoms with van der Waals surface area (Å²) >= 11 is 0. The summed E-state index contributed by atoms with van der Waals surface area (Å²) < 4.78 is 40.6. The summed E-state index contributed by atoms with van der Waals surface area (Å²) in [6.07, 6.45) is -3.34. The quantitative estimate of drug-likeness (QED) is 0.788. The number of pyridine rings is 1. The normalized spacial score (nSPS) is 17.4. The van der Waals surface area contributed by atoms with E-state index in [1.54, 1.807) is 19.1 Å². The number of alkyl halides is 3. The van der Waals surface area contributed by atoms with Crippen LogP contribution in [0.3, 0.4) is 0 Å². The molecule has 7 nitrogen and oxygen atoms in total. The fourth-order valence-electron chi connectivity index (χ4n) is 2.86. The topological polar surface area (TPSA) is 83.0 Å². The number of nitrogens with zero attached hydrogens (tertiary/aromatic N) is 3. The highest BCUT2D eigenvalue weighted by Gasteiger charge is 2.43. The summed E-state index contributed by atoms with van der Waals surface area (Å²) in [7, 11) is 0. The maximum absolute atomic E-state index is 12.8. The number of amides is 3. The summed E-state index contributed by atoms with van der Waals surface area (Å²) in [5.41, 5.74) is 1.26. The first-order chi connectivity index (χ1) is 13.2. The highest BCUT2D eigenvalue weighted by Crippen LogP contribution is 2.29. The van der Waals surface area contributed by atoms with Crippen LogP contribution in [0, 0.1) is 0 Å². The number of aromatic nitrogens is 1. The molecule has 1 aliphatic heterocycles. The van der Waals surface area contributed by atoms with E-state index in [1.807, 2.05) is 0 Å². The highest BCUT2D eigenvalue weighted by atomic mass is 19.4. The third-order valence-corrected chi connectivity index (χ3v) is 4.21. The number of imide groups is 1. The Morgan fingerprint density at radius 2 is 1.86 bits per heavy atom. The number of hydrogen-bond donors (Lipinski definition) is 1. The van der Waals surface area contributed by atoms with E-state index in [9.17, 15) is 22.8 Å². The molecular formula is C18H16F3N3O4. The lowest BCUT2D eigenvalue weighted by Crippen LogP contribution is -2.33. The predicted molar refractivity (Wildman–Crippen MR) is 91.2 cm³/mol. The molecule has 2 heterocycles. The van der Waals surface area contributed by atoms with Gasteiger partial charge in [0.15, 0.2) is 0 Å². The lowest BCUT2D eigenvalue weighted by atomic mass is 10.2. The molecule has 0 spiro atoms. The van der Waals surface area contributed by atoms with Gasteiger partial charge in [0.05, 0.1) is 18.0 Å². The number of halogens is 3. The fourth-order valence-corrected chi connectivity index (χ4v) is 2.86. The SMILES string of the molecule is CC1C(=O)N(c2ccc(OC(F)(F)F)cc2)C(=O)N1Cc1ccnc(CO)c1. The molecule has 1 aromatic heterocycles. The Kier molecular flexibility index (Phi) is 5.23. The van der Waals surface area contributed by atoms with Crippen LogP contribution in [-0.2, 0) is 17.9 Å². The largest absolute Gasteiger partial charge is 0.573 e. The molecule has 1 aliphatic rings. The number of carbonyl (C=O) groups excluding carboxylic acids is 2. The maximum Gasteiger partial charge on any atom is 0.573 e. The summed E-state index contributed by atoms with van der Waals surface area (Å²) in [5, 5.41) is 9.17.